The maximum absolute atomic E-state index is 13.6. The Labute approximate surface area is 189 Å². The summed E-state index contributed by atoms with van der Waals surface area (Å²) in [4.78, 5) is 39.3. The molecule has 1 saturated heterocycles. The fourth-order valence-corrected chi connectivity index (χ4v) is 4.42. The van der Waals surface area contributed by atoms with E-state index in [-0.39, 0.29) is 16.6 Å². The van der Waals surface area contributed by atoms with Gasteiger partial charge in [0.05, 0.1) is 5.69 Å². The highest BCUT2D eigenvalue weighted by atomic mass is 32.1. The first-order valence-corrected chi connectivity index (χ1v) is 11.1. The predicted molar refractivity (Wildman–Crippen MR) is 121 cm³/mol. The summed E-state index contributed by atoms with van der Waals surface area (Å²) in [6.45, 7) is 6.27. The van der Waals surface area contributed by atoms with E-state index in [4.69, 9.17) is 10.5 Å². The molecule has 0 spiro atoms. The number of carbonyl (C=O) groups excluding carboxylic acids is 3. The molecule has 32 heavy (non-hydrogen) atoms. The number of nitrogens with zero attached hydrogens (tertiary/aromatic N) is 1. The molecular weight excluding hydrogens is 435 g/mol. The van der Waals surface area contributed by atoms with E-state index in [1.165, 1.54) is 12.1 Å². The van der Waals surface area contributed by atoms with E-state index in [1.54, 1.807) is 43.9 Å². The summed E-state index contributed by atoms with van der Waals surface area (Å²) in [5, 5.41) is 5.39. The average Bonchev–Trinajstić information content (AvgIpc) is 3.10. The van der Waals surface area contributed by atoms with Gasteiger partial charge >= 0.3 is 12.1 Å². The van der Waals surface area contributed by atoms with Crippen molar-refractivity contribution >= 4 is 35.1 Å². The number of likely N-dealkylation sites (tertiary alicyclic amines) is 1. The average molecular weight is 463 g/mol. The number of amides is 4. The van der Waals surface area contributed by atoms with Gasteiger partial charge in [-0.2, -0.15) is 0 Å². The number of primary amides is 1. The number of carbonyl (C=O) groups is 3. The largest absolute Gasteiger partial charge is 0.444 e. The summed E-state index contributed by atoms with van der Waals surface area (Å²) in [7, 11) is 0. The number of hydrogen-bond donors (Lipinski definition) is 3. The number of piperidine rings is 1. The molecule has 8 nitrogen and oxygen atoms in total. The second-order valence-electron chi connectivity index (χ2n) is 8.59. The Balaban J connectivity index is 1.76. The van der Waals surface area contributed by atoms with Crippen LogP contribution in [0.2, 0.25) is 0 Å². The van der Waals surface area contributed by atoms with Crippen molar-refractivity contribution < 1.29 is 23.5 Å². The quantitative estimate of drug-likeness (QED) is 0.633. The number of nitrogens with one attached hydrogen (secondary N) is 2. The first-order chi connectivity index (χ1) is 15.0. The summed E-state index contributed by atoms with van der Waals surface area (Å²) in [6.07, 6.45) is 0.999. The van der Waals surface area contributed by atoms with Crippen molar-refractivity contribution in [2.45, 2.75) is 45.3 Å². The first-order valence-electron chi connectivity index (χ1n) is 10.3. The Bertz CT molecular complexity index is 1020. The molecule has 1 atom stereocenters. The van der Waals surface area contributed by atoms with Crippen LogP contribution < -0.4 is 16.4 Å². The van der Waals surface area contributed by atoms with E-state index >= 15 is 0 Å². The van der Waals surface area contributed by atoms with Crippen molar-refractivity contribution in [1.82, 2.24) is 10.2 Å². The third-order valence-corrected chi connectivity index (χ3v) is 5.90. The zero-order chi connectivity index (χ0) is 23.5. The molecule has 3 rings (SSSR count). The molecule has 0 saturated carbocycles. The van der Waals surface area contributed by atoms with Crippen molar-refractivity contribution in [2.24, 2.45) is 5.73 Å². The lowest BCUT2D eigenvalue weighted by molar-refractivity contribution is 0.0185. The van der Waals surface area contributed by atoms with Gasteiger partial charge in [0.25, 0.3) is 5.91 Å². The Morgan fingerprint density at radius 1 is 1.25 bits per heavy atom. The molecule has 2 aromatic rings. The summed E-state index contributed by atoms with van der Waals surface area (Å²) in [6, 6.07) is 6.46. The highest BCUT2D eigenvalue weighted by Crippen LogP contribution is 2.35. The van der Waals surface area contributed by atoms with E-state index < -0.39 is 29.4 Å². The maximum atomic E-state index is 13.6. The lowest BCUT2D eigenvalue weighted by Gasteiger charge is -2.34. The van der Waals surface area contributed by atoms with Gasteiger partial charge in [0.15, 0.2) is 0 Å². The number of anilines is 1. The maximum Gasteiger partial charge on any atom is 0.410 e. The molecule has 0 aliphatic carbocycles. The fourth-order valence-electron chi connectivity index (χ4n) is 3.41. The zero-order valence-electron chi connectivity index (χ0n) is 18.2. The molecule has 1 aliphatic heterocycles. The molecule has 4 N–H and O–H groups in total. The molecule has 10 heteroatoms. The molecule has 1 aromatic carbocycles. The minimum Gasteiger partial charge on any atom is -0.444 e. The molecule has 1 aliphatic rings. The standard InChI is InChI=1S/C22H27FN4O4S/c1-22(2,3)31-21(30)27-9-5-8-15(12-27)25-19(28)18-16(26-20(24)29)11-17(32-18)13-6-4-7-14(23)10-13/h4,6-7,10-11,15H,5,8-9,12H2,1-3H3,(H,25,28)(H3,24,26,29)/t15-/m1/s1. The normalized spacial score (nSPS) is 16.4. The van der Waals surface area contributed by atoms with Gasteiger partial charge in [0, 0.05) is 24.0 Å². The number of urea groups is 1. The predicted octanol–water partition coefficient (Wildman–Crippen LogP) is 4.17. The smallest absolute Gasteiger partial charge is 0.410 e. The van der Waals surface area contributed by atoms with E-state index in [9.17, 15) is 18.8 Å². The van der Waals surface area contributed by atoms with Gasteiger partial charge < -0.3 is 26.0 Å². The van der Waals surface area contributed by atoms with Crippen molar-refractivity contribution in [3.05, 3.63) is 41.0 Å². The molecular formula is C22H27FN4O4S. The number of ether oxygens (including phenoxy) is 1. The Morgan fingerprint density at radius 3 is 2.66 bits per heavy atom. The van der Waals surface area contributed by atoms with Crippen LogP contribution in [0.1, 0.15) is 43.3 Å². The van der Waals surface area contributed by atoms with Crippen molar-refractivity contribution in [3.63, 3.8) is 0 Å². The van der Waals surface area contributed by atoms with Gasteiger partial charge in [0.1, 0.15) is 16.3 Å². The van der Waals surface area contributed by atoms with Crippen LogP contribution in [-0.2, 0) is 4.74 Å². The Kier molecular flexibility index (Phi) is 7.02. The van der Waals surface area contributed by atoms with Crippen molar-refractivity contribution in [3.8, 4) is 10.4 Å². The van der Waals surface area contributed by atoms with Crippen LogP contribution in [-0.4, -0.2) is 47.7 Å². The SMILES string of the molecule is CC(C)(C)OC(=O)N1CCC[C@@H](NC(=O)c2sc(-c3cccc(F)c3)cc2NC(N)=O)C1. The highest BCUT2D eigenvalue weighted by molar-refractivity contribution is 7.18. The topological polar surface area (TPSA) is 114 Å². The number of halogens is 1. The molecule has 2 heterocycles. The number of thiophene rings is 1. The van der Waals surface area contributed by atoms with E-state index in [2.05, 4.69) is 10.6 Å². The molecule has 0 bridgehead atoms. The van der Waals surface area contributed by atoms with Crippen LogP contribution >= 0.6 is 11.3 Å². The van der Waals surface area contributed by atoms with Crippen LogP contribution in [0.5, 0.6) is 0 Å². The van der Waals surface area contributed by atoms with Gasteiger partial charge in [-0.25, -0.2) is 14.0 Å². The molecule has 4 amide bonds. The Morgan fingerprint density at radius 2 is 2.00 bits per heavy atom. The molecule has 0 unspecified atom stereocenters. The molecule has 0 radical (unpaired) electrons. The number of nitrogens with two attached hydrogens (primary N) is 1. The van der Waals surface area contributed by atoms with Gasteiger partial charge in [0.2, 0.25) is 0 Å². The lowest BCUT2D eigenvalue weighted by Crippen LogP contribution is -2.50. The summed E-state index contributed by atoms with van der Waals surface area (Å²) >= 11 is 1.12. The summed E-state index contributed by atoms with van der Waals surface area (Å²) in [5.41, 5.74) is 5.48. The third kappa shape index (κ3) is 6.19. The first kappa shape index (κ1) is 23.5. The van der Waals surface area contributed by atoms with Gasteiger partial charge in [-0.05, 0) is 57.4 Å². The van der Waals surface area contributed by atoms with Crippen LogP contribution in [0.15, 0.2) is 30.3 Å². The second-order valence-corrected chi connectivity index (χ2v) is 9.64. The fraction of sp³-hybridized carbons (Fsp3) is 0.409. The molecule has 1 aromatic heterocycles. The summed E-state index contributed by atoms with van der Waals surface area (Å²) in [5.74, 6) is -0.812. The van der Waals surface area contributed by atoms with Crippen LogP contribution in [0.4, 0.5) is 19.7 Å². The number of benzene rings is 1. The van der Waals surface area contributed by atoms with E-state index in [0.29, 0.717) is 30.0 Å². The van der Waals surface area contributed by atoms with Crippen LogP contribution in [0.25, 0.3) is 10.4 Å². The van der Waals surface area contributed by atoms with Crippen LogP contribution in [0.3, 0.4) is 0 Å². The molecule has 1 fully saturated rings. The molecule has 172 valence electrons. The van der Waals surface area contributed by atoms with Crippen LogP contribution in [0, 0.1) is 5.82 Å². The lowest BCUT2D eigenvalue weighted by atomic mass is 10.1. The van der Waals surface area contributed by atoms with E-state index in [0.717, 1.165) is 17.8 Å². The van der Waals surface area contributed by atoms with Gasteiger partial charge in [-0.15, -0.1) is 11.3 Å². The summed E-state index contributed by atoms with van der Waals surface area (Å²) < 4.78 is 19.1. The van der Waals surface area contributed by atoms with Crippen molar-refractivity contribution in [2.75, 3.05) is 18.4 Å². The van der Waals surface area contributed by atoms with Crippen molar-refractivity contribution in [1.29, 1.82) is 0 Å². The minimum absolute atomic E-state index is 0.248. The van der Waals surface area contributed by atoms with Gasteiger partial charge in [-0.1, -0.05) is 12.1 Å². The Hall–Kier alpha value is -3.14. The second kappa shape index (κ2) is 9.56. The zero-order valence-corrected chi connectivity index (χ0v) is 19.1. The highest BCUT2D eigenvalue weighted by Gasteiger charge is 2.29. The number of hydrogen-bond acceptors (Lipinski definition) is 5. The minimum atomic E-state index is -0.809. The van der Waals surface area contributed by atoms with E-state index in [1.807, 2.05) is 0 Å². The number of rotatable bonds is 4. The third-order valence-electron chi connectivity index (χ3n) is 4.71. The van der Waals surface area contributed by atoms with Gasteiger partial charge in [-0.3, -0.25) is 4.79 Å². The monoisotopic (exact) mass is 462 g/mol.